The minimum Gasteiger partial charge on any atom is -0.0651 e. The van der Waals surface area contributed by atoms with Gasteiger partial charge in [-0.3, -0.25) is 0 Å². The zero-order chi connectivity index (χ0) is 11.6. The molecule has 0 heteroatoms. The maximum atomic E-state index is 2.51. The van der Waals surface area contributed by atoms with Crippen LogP contribution in [0.4, 0.5) is 0 Å². The Hall–Kier alpha value is 0. The van der Waals surface area contributed by atoms with E-state index in [1.165, 1.54) is 19.3 Å². The predicted molar refractivity (Wildman–Crippen MR) is 68.8 cm³/mol. The van der Waals surface area contributed by atoms with Gasteiger partial charge in [0.05, 0.1) is 0 Å². The zero-order valence-electron chi connectivity index (χ0n) is 11.6. The van der Waals surface area contributed by atoms with Crippen molar-refractivity contribution in [3.8, 4) is 0 Å². The molecule has 1 fully saturated rings. The van der Waals surface area contributed by atoms with Gasteiger partial charge in [-0.15, -0.1) is 0 Å². The molecule has 0 aromatic heterocycles. The minimum atomic E-state index is 0.860. The van der Waals surface area contributed by atoms with Crippen molar-refractivity contribution in [2.24, 2.45) is 35.5 Å². The van der Waals surface area contributed by atoms with Crippen LogP contribution in [-0.4, -0.2) is 0 Å². The van der Waals surface area contributed by atoms with Crippen molar-refractivity contribution in [1.82, 2.24) is 0 Å². The van der Waals surface area contributed by atoms with Crippen molar-refractivity contribution in [2.45, 2.75) is 60.8 Å². The fourth-order valence-electron chi connectivity index (χ4n) is 4.08. The highest BCUT2D eigenvalue weighted by molar-refractivity contribution is 4.91. The van der Waals surface area contributed by atoms with Crippen LogP contribution < -0.4 is 0 Å². The topological polar surface area (TPSA) is 0 Å². The van der Waals surface area contributed by atoms with Gasteiger partial charge in [0.25, 0.3) is 0 Å². The summed E-state index contributed by atoms with van der Waals surface area (Å²) in [7, 11) is 0. The van der Waals surface area contributed by atoms with Gasteiger partial charge in [0.15, 0.2) is 0 Å². The van der Waals surface area contributed by atoms with Gasteiger partial charge >= 0.3 is 0 Å². The van der Waals surface area contributed by atoms with Crippen molar-refractivity contribution < 1.29 is 0 Å². The lowest BCUT2D eigenvalue weighted by atomic mass is 9.56. The summed E-state index contributed by atoms with van der Waals surface area (Å²) < 4.78 is 0. The molecule has 0 amide bonds. The molecule has 0 bridgehead atoms. The molecule has 0 nitrogen and oxygen atoms in total. The Morgan fingerprint density at radius 1 is 1.13 bits per heavy atom. The summed E-state index contributed by atoms with van der Waals surface area (Å²) in [6.07, 6.45) is 4.24. The van der Waals surface area contributed by atoms with Gasteiger partial charge in [0, 0.05) is 0 Å². The number of hydrogen-bond acceptors (Lipinski definition) is 0. The van der Waals surface area contributed by atoms with Crippen LogP contribution in [0, 0.1) is 35.5 Å². The van der Waals surface area contributed by atoms with Crippen molar-refractivity contribution in [1.29, 1.82) is 0 Å². The summed E-state index contributed by atoms with van der Waals surface area (Å²) >= 11 is 0. The second kappa shape index (κ2) is 5.37. The first kappa shape index (κ1) is 13.1. The number of hydrogen-bond donors (Lipinski definition) is 0. The van der Waals surface area contributed by atoms with E-state index in [1.54, 1.807) is 0 Å². The number of rotatable bonds is 5. The Labute approximate surface area is 96.8 Å². The van der Waals surface area contributed by atoms with E-state index in [9.17, 15) is 0 Å². The standard InChI is InChI=1S/C15H30/c1-7-13(10(3)4)12(6)15-9-11(5)14(15)8-2/h10-15H,7-9H2,1-6H3. The largest absolute Gasteiger partial charge is 0.0651 e. The van der Waals surface area contributed by atoms with Gasteiger partial charge in [-0.25, -0.2) is 0 Å². The molecule has 1 aliphatic rings. The summed E-state index contributed by atoms with van der Waals surface area (Å²) in [4.78, 5) is 0. The molecule has 0 spiro atoms. The minimum absolute atomic E-state index is 0.860. The molecular formula is C15H30. The maximum Gasteiger partial charge on any atom is -0.0352 e. The molecule has 0 aromatic carbocycles. The monoisotopic (exact) mass is 210 g/mol. The lowest BCUT2D eigenvalue weighted by Crippen LogP contribution is -2.41. The molecule has 0 heterocycles. The summed E-state index contributed by atoms with van der Waals surface area (Å²) in [5, 5.41) is 0. The Bertz CT molecular complexity index is 182. The SMILES string of the molecule is CCC(C(C)C)C(C)C1CC(C)C1CC. The average molecular weight is 210 g/mol. The molecule has 1 rings (SSSR count). The predicted octanol–water partition coefficient (Wildman–Crippen LogP) is 4.99. The third kappa shape index (κ3) is 2.57. The third-order valence-electron chi connectivity index (χ3n) is 5.07. The quantitative estimate of drug-likeness (QED) is 0.600. The Kier molecular flexibility index (Phi) is 4.67. The van der Waals surface area contributed by atoms with Crippen LogP contribution in [0.15, 0.2) is 0 Å². The van der Waals surface area contributed by atoms with Gasteiger partial charge in [-0.05, 0) is 41.9 Å². The van der Waals surface area contributed by atoms with Crippen LogP contribution in [0.3, 0.4) is 0 Å². The van der Waals surface area contributed by atoms with Crippen LogP contribution in [0.25, 0.3) is 0 Å². The highest BCUT2D eigenvalue weighted by atomic mass is 14.5. The summed E-state index contributed by atoms with van der Waals surface area (Å²) in [5.74, 6) is 5.78. The summed E-state index contributed by atoms with van der Waals surface area (Å²) in [5.41, 5.74) is 0. The molecule has 0 radical (unpaired) electrons. The Morgan fingerprint density at radius 3 is 2.07 bits per heavy atom. The molecular weight excluding hydrogens is 180 g/mol. The van der Waals surface area contributed by atoms with Gasteiger partial charge in [-0.1, -0.05) is 54.4 Å². The molecule has 5 unspecified atom stereocenters. The van der Waals surface area contributed by atoms with Crippen molar-refractivity contribution >= 4 is 0 Å². The average Bonchev–Trinajstić information content (AvgIpc) is 2.14. The fourth-order valence-corrected chi connectivity index (χ4v) is 4.08. The first-order valence-corrected chi connectivity index (χ1v) is 7.02. The zero-order valence-corrected chi connectivity index (χ0v) is 11.6. The van der Waals surface area contributed by atoms with Crippen LogP contribution >= 0.6 is 0 Å². The van der Waals surface area contributed by atoms with E-state index in [0.29, 0.717) is 0 Å². The molecule has 0 saturated heterocycles. The molecule has 15 heavy (non-hydrogen) atoms. The second-order valence-electron chi connectivity index (χ2n) is 6.12. The van der Waals surface area contributed by atoms with E-state index < -0.39 is 0 Å². The maximum absolute atomic E-state index is 2.51. The van der Waals surface area contributed by atoms with E-state index in [0.717, 1.165) is 35.5 Å². The van der Waals surface area contributed by atoms with Crippen LogP contribution in [-0.2, 0) is 0 Å². The molecule has 0 aliphatic heterocycles. The van der Waals surface area contributed by atoms with Crippen molar-refractivity contribution in [2.75, 3.05) is 0 Å². The lowest BCUT2D eigenvalue weighted by Gasteiger charge is -2.49. The van der Waals surface area contributed by atoms with Crippen LogP contribution in [0.2, 0.25) is 0 Å². The van der Waals surface area contributed by atoms with E-state index in [-0.39, 0.29) is 0 Å². The normalized spacial score (nSPS) is 35.0. The van der Waals surface area contributed by atoms with Crippen LogP contribution in [0.5, 0.6) is 0 Å². The highest BCUT2D eigenvalue weighted by Crippen LogP contribution is 2.49. The van der Waals surface area contributed by atoms with Gasteiger partial charge < -0.3 is 0 Å². The summed E-state index contributed by atoms with van der Waals surface area (Å²) in [6.45, 7) is 14.5. The van der Waals surface area contributed by atoms with E-state index >= 15 is 0 Å². The van der Waals surface area contributed by atoms with Gasteiger partial charge in [0.1, 0.15) is 0 Å². The molecule has 1 aliphatic carbocycles. The second-order valence-corrected chi connectivity index (χ2v) is 6.12. The van der Waals surface area contributed by atoms with E-state index in [4.69, 9.17) is 0 Å². The van der Waals surface area contributed by atoms with Crippen LogP contribution in [0.1, 0.15) is 60.8 Å². The highest BCUT2D eigenvalue weighted by Gasteiger charge is 2.41. The molecule has 90 valence electrons. The van der Waals surface area contributed by atoms with E-state index in [2.05, 4.69) is 41.5 Å². The molecule has 0 N–H and O–H groups in total. The Balaban J connectivity index is 2.56. The first-order chi connectivity index (χ1) is 7.02. The third-order valence-corrected chi connectivity index (χ3v) is 5.07. The summed E-state index contributed by atoms with van der Waals surface area (Å²) in [6, 6.07) is 0. The molecule has 1 saturated carbocycles. The smallest absolute Gasteiger partial charge is 0.0352 e. The molecule has 5 atom stereocenters. The van der Waals surface area contributed by atoms with Crippen molar-refractivity contribution in [3.05, 3.63) is 0 Å². The lowest BCUT2D eigenvalue weighted by molar-refractivity contribution is 0.00354. The van der Waals surface area contributed by atoms with E-state index in [1.807, 2.05) is 0 Å². The first-order valence-electron chi connectivity index (χ1n) is 7.02. The van der Waals surface area contributed by atoms with Crippen molar-refractivity contribution in [3.63, 3.8) is 0 Å². The van der Waals surface area contributed by atoms with Gasteiger partial charge in [0.2, 0.25) is 0 Å². The fraction of sp³-hybridized carbons (Fsp3) is 1.00. The van der Waals surface area contributed by atoms with Gasteiger partial charge in [-0.2, -0.15) is 0 Å². The Morgan fingerprint density at radius 2 is 1.73 bits per heavy atom. The molecule has 0 aromatic rings.